The third kappa shape index (κ3) is 2.15. The third-order valence-corrected chi connectivity index (χ3v) is 2.59. The number of carboxylic acids is 1. The summed E-state index contributed by atoms with van der Waals surface area (Å²) in [6.45, 7) is 0. The van der Waals surface area contributed by atoms with E-state index in [1.807, 2.05) is 0 Å². The second-order valence-corrected chi connectivity index (χ2v) is 3.87. The highest BCUT2D eigenvalue weighted by atomic mass is 19.1. The highest BCUT2D eigenvalue weighted by molar-refractivity contribution is 5.88. The van der Waals surface area contributed by atoms with Crippen molar-refractivity contribution >= 4 is 5.97 Å². The minimum atomic E-state index is -1.12. The van der Waals surface area contributed by atoms with E-state index in [4.69, 9.17) is 5.11 Å². The number of hydrogen-bond acceptors (Lipinski definition) is 2. The van der Waals surface area contributed by atoms with Crippen molar-refractivity contribution in [1.29, 1.82) is 0 Å². The van der Waals surface area contributed by atoms with Gasteiger partial charge >= 0.3 is 5.97 Å². The number of rotatable bonds is 2. The van der Waals surface area contributed by atoms with Crippen LogP contribution in [-0.4, -0.2) is 15.6 Å². The minimum absolute atomic E-state index is 0.0106. The van der Waals surface area contributed by atoms with Crippen molar-refractivity contribution in [1.82, 2.24) is 4.57 Å². The van der Waals surface area contributed by atoms with Crippen LogP contribution in [-0.2, 0) is 7.05 Å². The predicted octanol–water partition coefficient (Wildman–Crippen LogP) is 1.89. The van der Waals surface area contributed by atoms with Crippen LogP contribution in [0.25, 0.3) is 11.1 Å². The number of benzene rings is 1. The van der Waals surface area contributed by atoms with Crippen molar-refractivity contribution in [2.75, 3.05) is 0 Å². The summed E-state index contributed by atoms with van der Waals surface area (Å²) in [6.07, 6.45) is 1.25. The highest BCUT2D eigenvalue weighted by Crippen LogP contribution is 2.17. The zero-order chi connectivity index (χ0) is 13.3. The molecule has 2 aromatic rings. The molecule has 0 aliphatic rings. The normalized spacial score (nSPS) is 10.3. The van der Waals surface area contributed by atoms with Gasteiger partial charge in [-0.05, 0) is 23.8 Å². The second kappa shape index (κ2) is 4.44. The van der Waals surface area contributed by atoms with Crippen molar-refractivity contribution in [2.45, 2.75) is 0 Å². The number of aryl methyl sites for hydroxylation is 1. The molecular formula is C13H10FNO3. The molecule has 0 bridgehead atoms. The van der Waals surface area contributed by atoms with Gasteiger partial charge in [0.15, 0.2) is 0 Å². The summed E-state index contributed by atoms with van der Waals surface area (Å²) in [5.74, 6) is -1.53. The molecule has 0 amide bonds. The Hall–Kier alpha value is -2.43. The molecule has 5 heteroatoms. The molecule has 0 saturated heterocycles. The van der Waals surface area contributed by atoms with E-state index in [1.54, 1.807) is 0 Å². The van der Waals surface area contributed by atoms with Crippen molar-refractivity contribution in [3.8, 4) is 11.1 Å². The Kier molecular flexibility index (Phi) is 2.97. The lowest BCUT2D eigenvalue weighted by molar-refractivity contribution is 0.0696. The molecule has 0 atom stereocenters. The number of aromatic carboxylic acids is 1. The fraction of sp³-hybridized carbons (Fsp3) is 0.0769. The Balaban J connectivity index is 2.66. The van der Waals surface area contributed by atoms with Crippen molar-refractivity contribution < 1.29 is 14.3 Å². The number of carboxylic acid groups (broad SMARTS) is 1. The smallest absolute Gasteiger partial charge is 0.337 e. The number of pyridine rings is 1. The van der Waals surface area contributed by atoms with E-state index >= 15 is 0 Å². The Bertz CT molecular complexity index is 659. The first-order chi connectivity index (χ1) is 8.49. The van der Waals surface area contributed by atoms with Gasteiger partial charge in [-0.1, -0.05) is 12.1 Å². The lowest BCUT2D eigenvalue weighted by Crippen LogP contribution is -2.20. The van der Waals surface area contributed by atoms with Gasteiger partial charge in [-0.25, -0.2) is 9.18 Å². The first-order valence-corrected chi connectivity index (χ1v) is 5.19. The standard InChI is InChI=1S/C13H10FNO3/c1-15-7-9(13(17)18)6-11(12(15)16)8-2-4-10(14)5-3-8/h2-7H,1H3,(H,17,18). The molecule has 0 fully saturated rings. The number of hydrogen-bond donors (Lipinski definition) is 1. The van der Waals surface area contributed by atoms with Gasteiger partial charge in [0.05, 0.1) is 5.56 Å². The first kappa shape index (κ1) is 12.0. The topological polar surface area (TPSA) is 59.3 Å². The molecule has 1 heterocycles. The van der Waals surface area contributed by atoms with E-state index in [0.717, 1.165) is 0 Å². The molecule has 0 aliphatic heterocycles. The van der Waals surface area contributed by atoms with Gasteiger partial charge in [0, 0.05) is 18.8 Å². The largest absolute Gasteiger partial charge is 0.478 e. The zero-order valence-corrected chi connectivity index (χ0v) is 9.55. The maximum atomic E-state index is 12.8. The van der Waals surface area contributed by atoms with Crippen LogP contribution in [0.2, 0.25) is 0 Å². The Morgan fingerprint density at radius 1 is 1.28 bits per heavy atom. The fourth-order valence-corrected chi connectivity index (χ4v) is 1.66. The Morgan fingerprint density at radius 3 is 2.44 bits per heavy atom. The Morgan fingerprint density at radius 2 is 1.89 bits per heavy atom. The molecular weight excluding hydrogens is 237 g/mol. The van der Waals surface area contributed by atoms with Crippen LogP contribution in [0.3, 0.4) is 0 Å². The van der Waals surface area contributed by atoms with Gasteiger partial charge < -0.3 is 9.67 Å². The number of halogens is 1. The summed E-state index contributed by atoms with van der Waals surface area (Å²) in [4.78, 5) is 22.8. The lowest BCUT2D eigenvalue weighted by Gasteiger charge is -2.06. The number of aromatic nitrogens is 1. The molecule has 1 aromatic carbocycles. The van der Waals surface area contributed by atoms with Crippen molar-refractivity contribution in [3.63, 3.8) is 0 Å². The average Bonchev–Trinajstić information content (AvgIpc) is 2.33. The SMILES string of the molecule is Cn1cc(C(=O)O)cc(-c2ccc(F)cc2)c1=O. The van der Waals surface area contributed by atoms with Crippen LogP contribution in [0.5, 0.6) is 0 Å². The fourth-order valence-electron chi connectivity index (χ4n) is 1.66. The Labute approximate surface area is 102 Å². The van der Waals surface area contributed by atoms with Gasteiger partial charge in [0.1, 0.15) is 5.82 Å². The van der Waals surface area contributed by atoms with Crippen LogP contribution in [0.15, 0.2) is 41.3 Å². The summed E-state index contributed by atoms with van der Waals surface area (Å²) >= 11 is 0. The average molecular weight is 247 g/mol. The molecule has 92 valence electrons. The summed E-state index contributed by atoms with van der Waals surface area (Å²) in [7, 11) is 1.47. The van der Waals surface area contributed by atoms with E-state index < -0.39 is 11.8 Å². The van der Waals surface area contributed by atoms with Crippen molar-refractivity contribution in [2.24, 2.45) is 7.05 Å². The van der Waals surface area contributed by atoms with Crippen LogP contribution < -0.4 is 5.56 Å². The molecule has 0 aliphatic carbocycles. The van der Waals surface area contributed by atoms with E-state index in [2.05, 4.69) is 0 Å². The minimum Gasteiger partial charge on any atom is -0.478 e. The maximum absolute atomic E-state index is 12.8. The van der Waals surface area contributed by atoms with Crippen LogP contribution in [0.4, 0.5) is 4.39 Å². The first-order valence-electron chi connectivity index (χ1n) is 5.19. The molecule has 0 saturated carbocycles. The van der Waals surface area contributed by atoms with Gasteiger partial charge in [-0.2, -0.15) is 0 Å². The number of carbonyl (C=O) groups is 1. The van der Waals surface area contributed by atoms with E-state index in [1.165, 1.54) is 48.1 Å². The van der Waals surface area contributed by atoms with Gasteiger partial charge in [0.2, 0.25) is 0 Å². The van der Waals surface area contributed by atoms with Gasteiger partial charge in [-0.3, -0.25) is 4.79 Å². The predicted molar refractivity (Wildman–Crippen MR) is 64.0 cm³/mol. The molecule has 1 aromatic heterocycles. The molecule has 0 spiro atoms. The maximum Gasteiger partial charge on any atom is 0.337 e. The molecule has 0 radical (unpaired) electrons. The molecule has 4 nitrogen and oxygen atoms in total. The lowest BCUT2D eigenvalue weighted by atomic mass is 10.1. The quantitative estimate of drug-likeness (QED) is 0.881. The van der Waals surface area contributed by atoms with Crippen LogP contribution in [0.1, 0.15) is 10.4 Å². The summed E-state index contributed by atoms with van der Waals surface area (Å²) in [5.41, 5.74) is 0.403. The molecule has 1 N–H and O–H groups in total. The molecule has 0 unspecified atom stereocenters. The number of nitrogens with zero attached hydrogens (tertiary/aromatic N) is 1. The van der Waals surface area contributed by atoms with Crippen LogP contribution in [0, 0.1) is 5.82 Å². The summed E-state index contributed by atoms with van der Waals surface area (Å²) < 4.78 is 14.0. The summed E-state index contributed by atoms with van der Waals surface area (Å²) in [5, 5.41) is 8.94. The van der Waals surface area contributed by atoms with E-state index in [9.17, 15) is 14.0 Å². The second-order valence-electron chi connectivity index (χ2n) is 3.87. The zero-order valence-electron chi connectivity index (χ0n) is 9.55. The van der Waals surface area contributed by atoms with E-state index in [0.29, 0.717) is 5.56 Å². The van der Waals surface area contributed by atoms with E-state index in [-0.39, 0.29) is 16.7 Å². The van der Waals surface area contributed by atoms with Gasteiger partial charge in [-0.15, -0.1) is 0 Å². The van der Waals surface area contributed by atoms with Crippen LogP contribution >= 0.6 is 0 Å². The van der Waals surface area contributed by atoms with Gasteiger partial charge in [0.25, 0.3) is 5.56 Å². The van der Waals surface area contributed by atoms with Crippen molar-refractivity contribution in [3.05, 3.63) is 58.3 Å². The monoisotopic (exact) mass is 247 g/mol. The summed E-state index contributed by atoms with van der Waals surface area (Å²) in [6, 6.07) is 6.62. The third-order valence-electron chi connectivity index (χ3n) is 2.59. The molecule has 18 heavy (non-hydrogen) atoms. The highest BCUT2D eigenvalue weighted by Gasteiger charge is 2.11. The molecule has 2 rings (SSSR count).